The van der Waals surface area contributed by atoms with E-state index < -0.39 is 57.7 Å². The van der Waals surface area contributed by atoms with Gasteiger partial charge in [0, 0.05) is 11.1 Å². The Morgan fingerprint density at radius 1 is 0.382 bits per heavy atom. The maximum Gasteiger partial charge on any atom is 0.198 e. The standard InChI is InChI=1S/C26H12F8/c27-19-11-17(21(29)25(33)23(19)31)7-3-13-1-5-15-10-14(2-6-16(15)9-13)4-8-18-12-20(28)24(32)26(34)22(18)30/h1-12H/b7-3+,8-4+. The summed E-state index contributed by atoms with van der Waals surface area (Å²) in [6, 6.07) is 11.1. The third kappa shape index (κ3) is 4.44. The number of hydrogen-bond acceptors (Lipinski definition) is 0. The van der Waals surface area contributed by atoms with Crippen LogP contribution in [0.2, 0.25) is 0 Å². The summed E-state index contributed by atoms with van der Waals surface area (Å²) < 4.78 is 107. The molecule has 0 saturated carbocycles. The van der Waals surface area contributed by atoms with Crippen molar-refractivity contribution in [2.45, 2.75) is 0 Å². The molecule has 34 heavy (non-hydrogen) atoms. The van der Waals surface area contributed by atoms with Crippen molar-refractivity contribution in [2.75, 3.05) is 0 Å². The normalized spacial score (nSPS) is 11.9. The van der Waals surface area contributed by atoms with Crippen molar-refractivity contribution in [1.29, 1.82) is 0 Å². The number of halogens is 8. The van der Waals surface area contributed by atoms with Crippen molar-refractivity contribution in [2.24, 2.45) is 0 Å². The Kier molecular flexibility index (Phi) is 6.24. The van der Waals surface area contributed by atoms with Gasteiger partial charge in [0.25, 0.3) is 0 Å². The summed E-state index contributed by atoms with van der Waals surface area (Å²) in [7, 11) is 0. The first kappa shape index (κ1) is 23.2. The first-order valence-corrected chi connectivity index (χ1v) is 9.71. The number of fused-ring (bicyclic) bond motifs is 1. The summed E-state index contributed by atoms with van der Waals surface area (Å²) in [5, 5.41) is 1.45. The molecule has 172 valence electrons. The smallest absolute Gasteiger partial charge is 0.198 e. The summed E-state index contributed by atoms with van der Waals surface area (Å²) in [6.07, 6.45) is 5.00. The number of benzene rings is 4. The van der Waals surface area contributed by atoms with E-state index in [1.807, 2.05) is 0 Å². The number of hydrogen-bond donors (Lipinski definition) is 0. The lowest BCUT2D eigenvalue weighted by atomic mass is 10.0. The van der Waals surface area contributed by atoms with Crippen LogP contribution in [0, 0.1) is 46.5 Å². The van der Waals surface area contributed by atoms with Crippen LogP contribution < -0.4 is 0 Å². The zero-order valence-electron chi connectivity index (χ0n) is 17.0. The third-order valence-corrected chi connectivity index (χ3v) is 5.06. The van der Waals surface area contributed by atoms with E-state index in [0.717, 1.165) is 22.9 Å². The van der Waals surface area contributed by atoms with E-state index in [0.29, 0.717) is 23.3 Å². The molecule has 0 aliphatic heterocycles. The second-order valence-corrected chi connectivity index (χ2v) is 7.31. The van der Waals surface area contributed by atoms with Crippen LogP contribution in [0.4, 0.5) is 35.1 Å². The zero-order valence-corrected chi connectivity index (χ0v) is 17.0. The van der Waals surface area contributed by atoms with Gasteiger partial charge < -0.3 is 0 Å². The minimum atomic E-state index is -1.90. The zero-order chi connectivity index (χ0) is 24.6. The van der Waals surface area contributed by atoms with E-state index in [2.05, 4.69) is 0 Å². The molecule has 0 aliphatic carbocycles. The number of rotatable bonds is 4. The molecule has 0 fully saturated rings. The third-order valence-electron chi connectivity index (χ3n) is 5.06. The van der Waals surface area contributed by atoms with Gasteiger partial charge in [-0.15, -0.1) is 0 Å². The largest absolute Gasteiger partial charge is 0.204 e. The maximum absolute atomic E-state index is 13.8. The van der Waals surface area contributed by atoms with Gasteiger partial charge in [-0.3, -0.25) is 0 Å². The molecular formula is C26H12F8. The molecule has 0 unspecified atom stereocenters. The fourth-order valence-corrected chi connectivity index (χ4v) is 3.29. The summed E-state index contributed by atoms with van der Waals surface area (Å²) in [6.45, 7) is 0. The molecule has 0 saturated heterocycles. The van der Waals surface area contributed by atoms with E-state index >= 15 is 0 Å². The minimum Gasteiger partial charge on any atom is -0.204 e. The highest BCUT2D eigenvalue weighted by Gasteiger charge is 2.18. The molecule has 4 aromatic carbocycles. The average molecular weight is 476 g/mol. The van der Waals surface area contributed by atoms with Gasteiger partial charge in [-0.2, -0.15) is 0 Å². The molecule has 0 atom stereocenters. The quantitative estimate of drug-likeness (QED) is 0.120. The van der Waals surface area contributed by atoms with Gasteiger partial charge in [-0.1, -0.05) is 48.6 Å². The van der Waals surface area contributed by atoms with Crippen LogP contribution >= 0.6 is 0 Å². The SMILES string of the molecule is Fc1cc(/C=C/c2ccc3cc(/C=C/c4cc(F)c(F)c(F)c4F)ccc3c2)c(F)c(F)c1F. The van der Waals surface area contributed by atoms with E-state index in [4.69, 9.17) is 0 Å². The van der Waals surface area contributed by atoms with Crippen LogP contribution in [0.3, 0.4) is 0 Å². The highest BCUT2D eigenvalue weighted by atomic mass is 19.2. The predicted octanol–water partition coefficient (Wildman–Crippen LogP) is 8.29. The van der Waals surface area contributed by atoms with Gasteiger partial charge in [0.15, 0.2) is 46.5 Å². The van der Waals surface area contributed by atoms with Crippen molar-refractivity contribution in [3.8, 4) is 0 Å². The van der Waals surface area contributed by atoms with Crippen LogP contribution in [0.25, 0.3) is 35.1 Å². The highest BCUT2D eigenvalue weighted by Crippen LogP contribution is 2.24. The van der Waals surface area contributed by atoms with Crippen LogP contribution in [-0.4, -0.2) is 0 Å². The lowest BCUT2D eigenvalue weighted by Crippen LogP contribution is -1.98. The molecule has 0 heterocycles. The lowest BCUT2D eigenvalue weighted by Gasteiger charge is -2.04. The van der Waals surface area contributed by atoms with Crippen molar-refractivity contribution >= 4 is 35.1 Å². The van der Waals surface area contributed by atoms with Gasteiger partial charge in [0.1, 0.15) is 0 Å². The second kappa shape index (κ2) is 9.13. The minimum absolute atomic E-state index is 0.460. The summed E-state index contributed by atoms with van der Waals surface area (Å²) in [5.74, 6) is -13.6. The summed E-state index contributed by atoms with van der Waals surface area (Å²) in [5.41, 5.74) is 0.190. The fourth-order valence-electron chi connectivity index (χ4n) is 3.29. The molecule has 0 aromatic heterocycles. The highest BCUT2D eigenvalue weighted by molar-refractivity contribution is 5.88. The predicted molar refractivity (Wildman–Crippen MR) is 114 cm³/mol. The Bertz CT molecular complexity index is 1370. The van der Waals surface area contributed by atoms with Gasteiger partial charge >= 0.3 is 0 Å². The molecule has 0 radical (unpaired) electrons. The maximum atomic E-state index is 13.8. The van der Waals surface area contributed by atoms with E-state index in [9.17, 15) is 35.1 Å². The first-order chi connectivity index (χ1) is 16.2. The fraction of sp³-hybridized carbons (Fsp3) is 0. The molecule has 0 bridgehead atoms. The Morgan fingerprint density at radius 2 is 0.765 bits per heavy atom. The molecular weight excluding hydrogens is 464 g/mol. The van der Waals surface area contributed by atoms with Gasteiger partial charge in [-0.25, -0.2) is 35.1 Å². The molecule has 0 amide bonds. The molecule has 0 nitrogen and oxygen atoms in total. The molecule has 8 heteroatoms. The van der Waals surface area contributed by atoms with E-state index in [1.54, 1.807) is 36.4 Å². The second-order valence-electron chi connectivity index (χ2n) is 7.31. The lowest BCUT2D eigenvalue weighted by molar-refractivity contribution is 0.408. The summed E-state index contributed by atoms with van der Waals surface area (Å²) in [4.78, 5) is 0. The van der Waals surface area contributed by atoms with Crippen LogP contribution in [0.5, 0.6) is 0 Å². The average Bonchev–Trinajstić information content (AvgIpc) is 2.84. The van der Waals surface area contributed by atoms with Crippen LogP contribution in [-0.2, 0) is 0 Å². The van der Waals surface area contributed by atoms with Gasteiger partial charge in [-0.05, 0) is 46.2 Å². The molecule has 0 N–H and O–H groups in total. The summed E-state index contributed by atoms with van der Waals surface area (Å²) >= 11 is 0. The topological polar surface area (TPSA) is 0 Å². The molecule has 4 aromatic rings. The Hall–Kier alpha value is -3.94. The Balaban J connectivity index is 1.60. The monoisotopic (exact) mass is 476 g/mol. The Labute approximate surface area is 188 Å². The van der Waals surface area contributed by atoms with E-state index in [-0.39, 0.29) is 0 Å². The molecule has 0 spiro atoms. The van der Waals surface area contributed by atoms with Gasteiger partial charge in [0.2, 0.25) is 0 Å². The van der Waals surface area contributed by atoms with Crippen molar-refractivity contribution in [3.05, 3.63) is 117 Å². The van der Waals surface area contributed by atoms with Crippen molar-refractivity contribution < 1.29 is 35.1 Å². The Morgan fingerprint density at radius 3 is 1.15 bits per heavy atom. The van der Waals surface area contributed by atoms with E-state index in [1.165, 1.54) is 12.2 Å². The van der Waals surface area contributed by atoms with Crippen LogP contribution in [0.1, 0.15) is 22.3 Å². The molecule has 0 aliphatic rings. The van der Waals surface area contributed by atoms with Crippen LogP contribution in [0.15, 0.2) is 48.5 Å². The van der Waals surface area contributed by atoms with Crippen molar-refractivity contribution in [3.63, 3.8) is 0 Å². The van der Waals surface area contributed by atoms with Crippen molar-refractivity contribution in [1.82, 2.24) is 0 Å². The first-order valence-electron chi connectivity index (χ1n) is 9.71. The molecule has 4 rings (SSSR count). The van der Waals surface area contributed by atoms with Gasteiger partial charge in [0.05, 0.1) is 0 Å².